The molecule has 1 fully saturated rings. The van der Waals surface area contributed by atoms with Gasteiger partial charge in [0.05, 0.1) is 5.39 Å². The van der Waals surface area contributed by atoms with Crippen LogP contribution in [0.1, 0.15) is 25.7 Å². The number of hydrogen-bond donors (Lipinski definition) is 0. The largest absolute Gasteiger partial charge is 0.314 e. The zero-order chi connectivity index (χ0) is 12.6. The van der Waals surface area contributed by atoms with Gasteiger partial charge in [-0.25, -0.2) is 0 Å². The van der Waals surface area contributed by atoms with Crippen molar-refractivity contribution in [2.45, 2.75) is 32.2 Å². The highest BCUT2D eigenvalue weighted by Gasteiger charge is 2.33. The van der Waals surface area contributed by atoms with Crippen LogP contribution in [0.2, 0.25) is 0 Å². The summed E-state index contributed by atoms with van der Waals surface area (Å²) >= 11 is 5.28. The van der Waals surface area contributed by atoms with Crippen molar-refractivity contribution in [1.29, 1.82) is 0 Å². The van der Waals surface area contributed by atoms with Gasteiger partial charge in [0.1, 0.15) is 0 Å². The van der Waals surface area contributed by atoms with Gasteiger partial charge in [-0.1, -0.05) is 28.8 Å². The summed E-state index contributed by atoms with van der Waals surface area (Å²) < 4.78 is 3.00. The third-order valence-electron chi connectivity index (χ3n) is 4.05. The van der Waals surface area contributed by atoms with Crippen LogP contribution in [0.3, 0.4) is 0 Å². The van der Waals surface area contributed by atoms with Gasteiger partial charge in [0.15, 0.2) is 0 Å². The van der Waals surface area contributed by atoms with E-state index in [1.807, 2.05) is 22.2 Å². The van der Waals surface area contributed by atoms with E-state index in [-0.39, 0.29) is 11.0 Å². The topological polar surface area (TPSA) is 22.0 Å². The van der Waals surface area contributed by atoms with Crippen molar-refractivity contribution < 1.29 is 0 Å². The van der Waals surface area contributed by atoms with Crippen molar-refractivity contribution in [3.8, 4) is 0 Å². The molecule has 0 amide bonds. The molecule has 0 saturated heterocycles. The summed E-state index contributed by atoms with van der Waals surface area (Å²) in [4.78, 5) is 12.4. The Kier molecular flexibility index (Phi) is 3.32. The van der Waals surface area contributed by atoms with E-state index < -0.39 is 0 Å². The fraction of sp³-hybridized carbons (Fsp3) is 0.500. The third-order valence-corrected chi connectivity index (χ3v) is 6.12. The molecule has 0 aliphatic heterocycles. The number of aromatic nitrogens is 1. The van der Waals surface area contributed by atoms with Crippen molar-refractivity contribution in [2.75, 3.05) is 5.33 Å². The second-order valence-electron chi connectivity index (χ2n) is 5.29. The van der Waals surface area contributed by atoms with Gasteiger partial charge in [-0.15, -0.1) is 11.3 Å². The molecule has 2 heterocycles. The van der Waals surface area contributed by atoms with Gasteiger partial charge < -0.3 is 4.57 Å². The summed E-state index contributed by atoms with van der Waals surface area (Å²) in [6.45, 7) is 0.850. The summed E-state index contributed by atoms with van der Waals surface area (Å²) in [5.41, 5.74) is 0.453. The highest BCUT2D eigenvalue weighted by atomic mass is 79.9. The monoisotopic (exact) mass is 325 g/mol. The quantitative estimate of drug-likeness (QED) is 0.781. The maximum absolute atomic E-state index is 12.4. The van der Waals surface area contributed by atoms with Crippen molar-refractivity contribution in [3.63, 3.8) is 0 Å². The van der Waals surface area contributed by atoms with E-state index in [0.29, 0.717) is 0 Å². The molecule has 3 rings (SSSR count). The lowest BCUT2D eigenvalue weighted by Gasteiger charge is -2.27. The molecule has 4 heteroatoms. The Bertz CT molecular complexity index is 610. The molecule has 1 aliphatic rings. The molecule has 0 atom stereocenters. The Morgan fingerprint density at radius 3 is 2.83 bits per heavy atom. The molecule has 0 spiro atoms. The Morgan fingerprint density at radius 2 is 2.11 bits per heavy atom. The van der Waals surface area contributed by atoms with Gasteiger partial charge >= 0.3 is 0 Å². The van der Waals surface area contributed by atoms with Crippen LogP contribution < -0.4 is 5.56 Å². The number of thiophene rings is 1. The van der Waals surface area contributed by atoms with Gasteiger partial charge in [0.2, 0.25) is 0 Å². The van der Waals surface area contributed by atoms with E-state index in [1.54, 1.807) is 11.3 Å². The molecular formula is C14H16BrNOS. The predicted octanol–water partition coefficient (Wildman–Crippen LogP) is 4.02. The molecule has 0 radical (unpaired) electrons. The summed E-state index contributed by atoms with van der Waals surface area (Å²) in [7, 11) is 0. The molecule has 0 aromatic carbocycles. The van der Waals surface area contributed by atoms with Crippen LogP contribution >= 0.6 is 27.3 Å². The van der Waals surface area contributed by atoms with E-state index in [2.05, 4.69) is 22.0 Å². The number of halogens is 1. The van der Waals surface area contributed by atoms with Crippen molar-refractivity contribution in [1.82, 2.24) is 4.57 Å². The van der Waals surface area contributed by atoms with Crippen molar-refractivity contribution in [2.24, 2.45) is 5.41 Å². The highest BCUT2D eigenvalue weighted by Crippen LogP contribution is 2.40. The highest BCUT2D eigenvalue weighted by molar-refractivity contribution is 9.09. The zero-order valence-corrected chi connectivity index (χ0v) is 12.6. The minimum atomic E-state index is 0.168. The van der Waals surface area contributed by atoms with Gasteiger partial charge in [-0.05, 0) is 35.8 Å². The van der Waals surface area contributed by atoms with E-state index in [9.17, 15) is 4.79 Å². The summed E-state index contributed by atoms with van der Waals surface area (Å²) in [6.07, 6.45) is 7.00. The van der Waals surface area contributed by atoms with Gasteiger partial charge in [0.25, 0.3) is 5.56 Å². The Hall–Kier alpha value is -0.610. The zero-order valence-electron chi connectivity index (χ0n) is 10.2. The Balaban J connectivity index is 1.99. The standard InChI is InChI=1S/C14H16BrNOS/c15-9-14(5-1-2-6-14)10-16-7-3-12-11(13(16)17)4-8-18-12/h3-4,7-8H,1-2,5-6,9-10H2. The first kappa shape index (κ1) is 12.4. The Labute approximate surface area is 119 Å². The number of hydrogen-bond acceptors (Lipinski definition) is 2. The Morgan fingerprint density at radius 1 is 1.33 bits per heavy atom. The average molecular weight is 326 g/mol. The molecule has 0 unspecified atom stereocenters. The first-order valence-electron chi connectivity index (χ1n) is 6.37. The average Bonchev–Trinajstić information content (AvgIpc) is 3.03. The first-order valence-corrected chi connectivity index (χ1v) is 8.37. The molecular weight excluding hydrogens is 310 g/mol. The van der Waals surface area contributed by atoms with Gasteiger partial charge in [0, 0.05) is 22.8 Å². The maximum Gasteiger partial charge on any atom is 0.259 e. The van der Waals surface area contributed by atoms with E-state index >= 15 is 0 Å². The molecule has 0 N–H and O–H groups in total. The minimum absolute atomic E-state index is 0.168. The fourth-order valence-electron chi connectivity index (χ4n) is 2.95. The maximum atomic E-state index is 12.4. The summed E-state index contributed by atoms with van der Waals surface area (Å²) in [5, 5.41) is 3.85. The van der Waals surface area contributed by atoms with Crippen LogP contribution in [-0.2, 0) is 6.54 Å². The molecule has 18 heavy (non-hydrogen) atoms. The van der Waals surface area contributed by atoms with E-state index in [0.717, 1.165) is 22.0 Å². The van der Waals surface area contributed by atoms with Crippen molar-refractivity contribution >= 4 is 37.4 Å². The fourth-order valence-corrected chi connectivity index (χ4v) is 4.46. The van der Waals surface area contributed by atoms with E-state index in [1.165, 1.54) is 25.7 Å². The van der Waals surface area contributed by atoms with Crippen LogP contribution in [0.25, 0.3) is 10.1 Å². The van der Waals surface area contributed by atoms with Crippen LogP contribution in [0.4, 0.5) is 0 Å². The summed E-state index contributed by atoms with van der Waals surface area (Å²) in [6, 6.07) is 4.01. The first-order chi connectivity index (χ1) is 8.74. The third kappa shape index (κ3) is 2.05. The number of fused-ring (bicyclic) bond motifs is 1. The van der Waals surface area contributed by atoms with Crippen molar-refractivity contribution in [3.05, 3.63) is 34.1 Å². The smallest absolute Gasteiger partial charge is 0.259 e. The van der Waals surface area contributed by atoms with Crippen LogP contribution in [0.5, 0.6) is 0 Å². The molecule has 2 aromatic heterocycles. The summed E-state index contributed by atoms with van der Waals surface area (Å²) in [5.74, 6) is 0. The lowest BCUT2D eigenvalue weighted by Crippen LogP contribution is -2.31. The molecule has 96 valence electrons. The lowest BCUT2D eigenvalue weighted by atomic mass is 9.88. The van der Waals surface area contributed by atoms with Gasteiger partial charge in [-0.3, -0.25) is 4.79 Å². The van der Waals surface area contributed by atoms with Crippen LogP contribution in [0, 0.1) is 5.41 Å². The molecule has 0 bridgehead atoms. The molecule has 1 aliphatic carbocycles. The number of pyridine rings is 1. The molecule has 1 saturated carbocycles. The minimum Gasteiger partial charge on any atom is -0.314 e. The predicted molar refractivity (Wildman–Crippen MR) is 80.8 cm³/mol. The number of alkyl halides is 1. The molecule has 2 nitrogen and oxygen atoms in total. The number of nitrogens with zero attached hydrogens (tertiary/aromatic N) is 1. The van der Waals surface area contributed by atoms with Crippen LogP contribution in [0.15, 0.2) is 28.5 Å². The normalized spacial score (nSPS) is 18.5. The SMILES string of the molecule is O=c1c2ccsc2ccn1CC1(CBr)CCCC1. The number of rotatable bonds is 3. The lowest BCUT2D eigenvalue weighted by molar-refractivity contribution is 0.288. The van der Waals surface area contributed by atoms with E-state index in [4.69, 9.17) is 0 Å². The second kappa shape index (κ2) is 4.82. The van der Waals surface area contributed by atoms with Gasteiger partial charge in [-0.2, -0.15) is 0 Å². The second-order valence-corrected chi connectivity index (χ2v) is 6.80. The molecule has 2 aromatic rings. The van der Waals surface area contributed by atoms with Crippen LogP contribution in [-0.4, -0.2) is 9.90 Å².